The highest BCUT2D eigenvalue weighted by atomic mass is 16.2. The number of rotatable bonds is 4. The summed E-state index contributed by atoms with van der Waals surface area (Å²) in [6.45, 7) is 4.54. The van der Waals surface area contributed by atoms with Gasteiger partial charge in [-0.1, -0.05) is 12.1 Å². The Morgan fingerprint density at radius 1 is 1.11 bits per heavy atom. The molecule has 0 saturated heterocycles. The average molecular weight is 246 g/mol. The molecule has 0 atom stereocenters. The molecule has 4 heteroatoms. The zero-order valence-electron chi connectivity index (χ0n) is 11.0. The zero-order chi connectivity index (χ0) is 13.3. The lowest BCUT2D eigenvalue weighted by Crippen LogP contribution is -2.41. The molecule has 0 spiro atoms. The van der Waals surface area contributed by atoms with Crippen LogP contribution in [0.25, 0.3) is 0 Å². The van der Waals surface area contributed by atoms with Crippen LogP contribution in [0.15, 0.2) is 24.3 Å². The van der Waals surface area contributed by atoms with E-state index in [0.29, 0.717) is 17.7 Å². The van der Waals surface area contributed by atoms with E-state index >= 15 is 0 Å². The first kappa shape index (κ1) is 12.8. The molecule has 0 unspecified atom stereocenters. The smallest absolute Gasteiger partial charge is 0.261 e. The Kier molecular flexibility index (Phi) is 3.22. The van der Waals surface area contributed by atoms with Crippen LogP contribution in [0.5, 0.6) is 0 Å². The van der Waals surface area contributed by atoms with Crippen molar-refractivity contribution < 1.29 is 9.59 Å². The third-order valence-electron chi connectivity index (χ3n) is 3.52. The Morgan fingerprint density at radius 2 is 1.61 bits per heavy atom. The van der Waals surface area contributed by atoms with Crippen molar-refractivity contribution in [1.82, 2.24) is 10.2 Å². The molecule has 1 aliphatic heterocycles. The van der Waals surface area contributed by atoms with Gasteiger partial charge in [0.05, 0.1) is 11.1 Å². The second-order valence-corrected chi connectivity index (χ2v) is 5.19. The van der Waals surface area contributed by atoms with E-state index in [1.807, 2.05) is 20.9 Å². The number of nitrogens with zero attached hydrogens (tertiary/aromatic N) is 1. The fraction of sp³-hybridized carbons (Fsp3) is 0.429. The van der Waals surface area contributed by atoms with Crippen molar-refractivity contribution in [3.63, 3.8) is 0 Å². The van der Waals surface area contributed by atoms with E-state index in [0.717, 1.165) is 6.42 Å². The van der Waals surface area contributed by atoms with Crippen LogP contribution < -0.4 is 5.32 Å². The van der Waals surface area contributed by atoms with E-state index in [1.54, 1.807) is 24.3 Å². The average Bonchev–Trinajstić information content (AvgIpc) is 2.61. The number of hydrogen-bond acceptors (Lipinski definition) is 3. The van der Waals surface area contributed by atoms with Crippen molar-refractivity contribution >= 4 is 11.8 Å². The lowest BCUT2D eigenvalue weighted by atomic mass is 10.0. The molecule has 1 aromatic carbocycles. The predicted molar refractivity (Wildman–Crippen MR) is 69.6 cm³/mol. The molecule has 1 heterocycles. The Balaban J connectivity index is 2.14. The first-order valence-electron chi connectivity index (χ1n) is 6.10. The van der Waals surface area contributed by atoms with Crippen molar-refractivity contribution in [2.75, 3.05) is 13.6 Å². The van der Waals surface area contributed by atoms with Gasteiger partial charge >= 0.3 is 0 Å². The Labute approximate surface area is 107 Å². The summed E-state index contributed by atoms with van der Waals surface area (Å²) in [5.74, 6) is -0.356. The summed E-state index contributed by atoms with van der Waals surface area (Å²) >= 11 is 0. The minimum atomic E-state index is -0.178. The Morgan fingerprint density at radius 3 is 2.06 bits per heavy atom. The van der Waals surface area contributed by atoms with Crippen molar-refractivity contribution in [2.24, 2.45) is 0 Å². The summed E-state index contributed by atoms with van der Waals surface area (Å²) in [6, 6.07) is 6.98. The van der Waals surface area contributed by atoms with Gasteiger partial charge in [0.25, 0.3) is 11.8 Å². The number of amides is 2. The van der Waals surface area contributed by atoms with Crippen LogP contribution in [0.2, 0.25) is 0 Å². The van der Waals surface area contributed by atoms with Crippen molar-refractivity contribution in [3.8, 4) is 0 Å². The number of fused-ring (bicyclic) bond motifs is 1. The number of carbonyl (C=O) groups excluding carboxylic acids is 2. The standard InChI is InChI=1S/C14H18N2O2/c1-14(2,15-3)8-9-16-12(17)10-6-4-5-7-11(10)13(16)18/h4-7,15H,8-9H2,1-3H3. The normalized spacial score (nSPS) is 15.2. The number of hydrogen-bond donors (Lipinski definition) is 1. The minimum absolute atomic E-state index is 0.0880. The molecule has 0 saturated carbocycles. The maximum Gasteiger partial charge on any atom is 0.261 e. The lowest BCUT2D eigenvalue weighted by molar-refractivity contribution is 0.0643. The van der Waals surface area contributed by atoms with Gasteiger partial charge in [-0.2, -0.15) is 0 Å². The van der Waals surface area contributed by atoms with Crippen LogP contribution in [-0.2, 0) is 0 Å². The topological polar surface area (TPSA) is 49.4 Å². The summed E-state index contributed by atoms with van der Waals surface area (Å²) in [5.41, 5.74) is 0.949. The minimum Gasteiger partial charge on any atom is -0.315 e. The third kappa shape index (κ3) is 2.16. The van der Waals surface area contributed by atoms with Gasteiger partial charge in [-0.15, -0.1) is 0 Å². The summed E-state index contributed by atoms with van der Waals surface area (Å²) < 4.78 is 0. The van der Waals surface area contributed by atoms with Crippen LogP contribution >= 0.6 is 0 Å². The monoisotopic (exact) mass is 246 g/mol. The van der Waals surface area contributed by atoms with Gasteiger partial charge < -0.3 is 5.32 Å². The zero-order valence-corrected chi connectivity index (χ0v) is 11.0. The van der Waals surface area contributed by atoms with E-state index in [1.165, 1.54) is 4.90 Å². The van der Waals surface area contributed by atoms with Crippen LogP contribution in [-0.4, -0.2) is 35.8 Å². The van der Waals surface area contributed by atoms with E-state index in [4.69, 9.17) is 0 Å². The molecular weight excluding hydrogens is 228 g/mol. The molecule has 1 aromatic rings. The van der Waals surface area contributed by atoms with Gasteiger partial charge in [0, 0.05) is 12.1 Å². The second-order valence-electron chi connectivity index (χ2n) is 5.19. The molecule has 0 bridgehead atoms. The Hall–Kier alpha value is -1.68. The lowest BCUT2D eigenvalue weighted by Gasteiger charge is -2.26. The molecule has 0 aromatic heterocycles. The molecule has 18 heavy (non-hydrogen) atoms. The van der Waals surface area contributed by atoms with Crippen LogP contribution in [0.1, 0.15) is 41.0 Å². The molecular formula is C14H18N2O2. The van der Waals surface area contributed by atoms with Gasteiger partial charge in [0.2, 0.25) is 0 Å². The molecule has 1 N–H and O–H groups in total. The summed E-state index contributed by atoms with van der Waals surface area (Å²) in [7, 11) is 1.88. The molecule has 4 nitrogen and oxygen atoms in total. The predicted octanol–water partition coefficient (Wildman–Crippen LogP) is 1.67. The number of imide groups is 1. The maximum absolute atomic E-state index is 12.1. The fourth-order valence-corrected chi connectivity index (χ4v) is 1.96. The largest absolute Gasteiger partial charge is 0.315 e. The maximum atomic E-state index is 12.1. The quantitative estimate of drug-likeness (QED) is 0.822. The highest BCUT2D eigenvalue weighted by Crippen LogP contribution is 2.23. The van der Waals surface area contributed by atoms with E-state index in [-0.39, 0.29) is 17.4 Å². The highest BCUT2D eigenvalue weighted by molar-refractivity contribution is 6.21. The molecule has 96 valence electrons. The SMILES string of the molecule is CNC(C)(C)CCN1C(=O)c2ccccc2C1=O. The number of carbonyl (C=O) groups is 2. The molecule has 0 radical (unpaired) electrons. The van der Waals surface area contributed by atoms with E-state index in [9.17, 15) is 9.59 Å². The van der Waals surface area contributed by atoms with Crippen molar-refractivity contribution in [2.45, 2.75) is 25.8 Å². The summed E-state index contributed by atoms with van der Waals surface area (Å²) in [6.07, 6.45) is 0.731. The second kappa shape index (κ2) is 4.53. The van der Waals surface area contributed by atoms with Crippen LogP contribution in [0.4, 0.5) is 0 Å². The van der Waals surface area contributed by atoms with E-state index < -0.39 is 0 Å². The Bertz CT molecular complexity index is 459. The molecule has 2 amide bonds. The molecule has 2 rings (SSSR count). The molecule has 1 aliphatic rings. The van der Waals surface area contributed by atoms with Crippen molar-refractivity contribution in [3.05, 3.63) is 35.4 Å². The van der Waals surface area contributed by atoms with Gasteiger partial charge in [-0.25, -0.2) is 0 Å². The van der Waals surface area contributed by atoms with Gasteiger partial charge in [-0.3, -0.25) is 14.5 Å². The fourth-order valence-electron chi connectivity index (χ4n) is 1.96. The van der Waals surface area contributed by atoms with Crippen molar-refractivity contribution in [1.29, 1.82) is 0 Å². The molecule has 0 aliphatic carbocycles. The first-order valence-corrected chi connectivity index (χ1v) is 6.10. The molecule has 0 fully saturated rings. The highest BCUT2D eigenvalue weighted by Gasteiger charge is 2.35. The van der Waals surface area contributed by atoms with Gasteiger partial charge in [0.1, 0.15) is 0 Å². The summed E-state index contributed by atoms with van der Waals surface area (Å²) in [4.78, 5) is 25.5. The van der Waals surface area contributed by atoms with Gasteiger partial charge in [-0.05, 0) is 39.4 Å². The number of benzene rings is 1. The van der Waals surface area contributed by atoms with Crippen LogP contribution in [0, 0.1) is 0 Å². The van der Waals surface area contributed by atoms with E-state index in [2.05, 4.69) is 5.32 Å². The summed E-state index contributed by atoms with van der Waals surface area (Å²) in [5, 5.41) is 3.17. The number of nitrogens with one attached hydrogen (secondary N) is 1. The first-order chi connectivity index (χ1) is 8.46. The van der Waals surface area contributed by atoms with Gasteiger partial charge in [0.15, 0.2) is 0 Å². The third-order valence-corrected chi connectivity index (χ3v) is 3.52. The van der Waals surface area contributed by atoms with Crippen LogP contribution in [0.3, 0.4) is 0 Å².